The summed E-state index contributed by atoms with van der Waals surface area (Å²) in [5.74, 6) is 0.197. The van der Waals surface area contributed by atoms with Crippen molar-refractivity contribution in [1.82, 2.24) is 0 Å². The van der Waals surface area contributed by atoms with Crippen molar-refractivity contribution >= 4 is 28.2 Å². The van der Waals surface area contributed by atoms with Crippen LogP contribution in [0.5, 0.6) is 0 Å². The lowest BCUT2D eigenvalue weighted by Crippen LogP contribution is -2.09. The number of fused-ring (bicyclic) bond motifs is 1. The minimum absolute atomic E-state index is 0.178. The Kier molecular flexibility index (Phi) is 3.96. The van der Waals surface area contributed by atoms with E-state index >= 15 is 0 Å². The fourth-order valence-electron chi connectivity index (χ4n) is 2.13. The number of hydrogen-bond acceptors (Lipinski definition) is 1. The highest BCUT2D eigenvalue weighted by Crippen LogP contribution is 2.29. The molecule has 100 valence electrons. The molecular weight excluding hydrogens is 256 g/mol. The van der Waals surface area contributed by atoms with Gasteiger partial charge >= 0.3 is 0 Å². The number of ketones is 1. The summed E-state index contributed by atoms with van der Waals surface area (Å²) in [6.07, 6.45) is 1.47. The minimum atomic E-state index is 0.178. The van der Waals surface area contributed by atoms with E-state index in [1.54, 1.807) is 0 Å². The molecule has 2 rings (SSSR count). The third-order valence-electron chi connectivity index (χ3n) is 3.27. The van der Waals surface area contributed by atoms with Gasteiger partial charge in [0.15, 0.2) is 5.78 Å². The van der Waals surface area contributed by atoms with Crippen LogP contribution in [0.15, 0.2) is 36.4 Å². The smallest absolute Gasteiger partial charge is 0.163 e. The van der Waals surface area contributed by atoms with E-state index in [0.29, 0.717) is 11.4 Å². The van der Waals surface area contributed by atoms with Gasteiger partial charge in [-0.15, -0.1) is 0 Å². The van der Waals surface area contributed by atoms with Crippen molar-refractivity contribution in [1.29, 1.82) is 0 Å². The first-order valence-corrected chi connectivity index (χ1v) is 6.97. The van der Waals surface area contributed by atoms with Crippen LogP contribution < -0.4 is 0 Å². The third-order valence-corrected chi connectivity index (χ3v) is 3.60. The van der Waals surface area contributed by atoms with Crippen molar-refractivity contribution in [3.05, 3.63) is 47.0 Å². The molecule has 0 aliphatic carbocycles. The normalized spacial score (nSPS) is 11.8. The maximum absolute atomic E-state index is 12.4. The summed E-state index contributed by atoms with van der Waals surface area (Å²) in [7, 11) is 0. The first kappa shape index (κ1) is 14.1. The van der Waals surface area contributed by atoms with Crippen molar-refractivity contribution in [3.8, 4) is 0 Å². The Balaban J connectivity index is 2.35. The standard InChI is InChI=1S/C17H19ClO/c1-17(2,3)11-10-16(19)14-8-9-15(18)13-7-5-4-6-12(13)14/h4-9H,10-11H2,1-3H3. The van der Waals surface area contributed by atoms with Crippen molar-refractivity contribution in [3.63, 3.8) is 0 Å². The van der Waals surface area contributed by atoms with E-state index in [-0.39, 0.29) is 11.2 Å². The topological polar surface area (TPSA) is 17.1 Å². The second-order valence-electron chi connectivity index (χ2n) is 6.12. The number of benzene rings is 2. The predicted molar refractivity (Wildman–Crippen MR) is 82.0 cm³/mol. The molecule has 0 radical (unpaired) electrons. The molecule has 0 atom stereocenters. The fraction of sp³-hybridized carbons (Fsp3) is 0.353. The van der Waals surface area contributed by atoms with Gasteiger partial charge in [-0.05, 0) is 29.4 Å². The van der Waals surface area contributed by atoms with Gasteiger partial charge in [0.2, 0.25) is 0 Å². The van der Waals surface area contributed by atoms with Crippen LogP contribution in [0, 0.1) is 5.41 Å². The van der Waals surface area contributed by atoms with Gasteiger partial charge in [0, 0.05) is 22.4 Å². The van der Waals surface area contributed by atoms with Gasteiger partial charge < -0.3 is 0 Å². The Morgan fingerprint density at radius 2 is 1.68 bits per heavy atom. The zero-order valence-corrected chi connectivity index (χ0v) is 12.4. The second-order valence-corrected chi connectivity index (χ2v) is 6.53. The highest BCUT2D eigenvalue weighted by molar-refractivity contribution is 6.36. The molecule has 19 heavy (non-hydrogen) atoms. The molecule has 2 aromatic carbocycles. The van der Waals surface area contributed by atoms with E-state index in [0.717, 1.165) is 22.8 Å². The van der Waals surface area contributed by atoms with E-state index in [9.17, 15) is 4.79 Å². The highest BCUT2D eigenvalue weighted by atomic mass is 35.5. The lowest BCUT2D eigenvalue weighted by atomic mass is 9.88. The van der Waals surface area contributed by atoms with E-state index in [4.69, 9.17) is 11.6 Å². The molecule has 2 heteroatoms. The lowest BCUT2D eigenvalue weighted by molar-refractivity contribution is 0.0967. The summed E-state index contributed by atoms with van der Waals surface area (Å²) in [4.78, 5) is 12.4. The molecule has 0 aromatic heterocycles. The molecule has 0 N–H and O–H groups in total. The number of halogens is 1. The summed E-state index contributed by atoms with van der Waals surface area (Å²) in [5.41, 5.74) is 0.960. The number of carbonyl (C=O) groups excluding carboxylic acids is 1. The first-order valence-electron chi connectivity index (χ1n) is 6.59. The van der Waals surface area contributed by atoms with Crippen LogP contribution in [-0.2, 0) is 0 Å². The Morgan fingerprint density at radius 1 is 1.05 bits per heavy atom. The Bertz CT molecular complexity index is 608. The van der Waals surface area contributed by atoms with Crippen LogP contribution in [-0.4, -0.2) is 5.78 Å². The van der Waals surface area contributed by atoms with Gasteiger partial charge in [-0.1, -0.05) is 56.6 Å². The summed E-state index contributed by atoms with van der Waals surface area (Å²) < 4.78 is 0. The maximum Gasteiger partial charge on any atom is 0.163 e. The molecule has 0 spiro atoms. The van der Waals surface area contributed by atoms with Crippen molar-refractivity contribution in [2.75, 3.05) is 0 Å². The number of carbonyl (C=O) groups is 1. The monoisotopic (exact) mass is 274 g/mol. The van der Waals surface area contributed by atoms with Crippen molar-refractivity contribution in [2.45, 2.75) is 33.6 Å². The molecule has 0 unspecified atom stereocenters. The summed E-state index contributed by atoms with van der Waals surface area (Å²) >= 11 is 6.17. The number of rotatable bonds is 3. The summed E-state index contributed by atoms with van der Waals surface area (Å²) in [6.45, 7) is 6.46. The average molecular weight is 275 g/mol. The Labute approximate surface area is 119 Å². The molecule has 1 nitrogen and oxygen atoms in total. The van der Waals surface area contributed by atoms with Gasteiger partial charge in [-0.2, -0.15) is 0 Å². The van der Waals surface area contributed by atoms with E-state index < -0.39 is 0 Å². The van der Waals surface area contributed by atoms with Gasteiger partial charge in [-0.25, -0.2) is 0 Å². The zero-order valence-electron chi connectivity index (χ0n) is 11.7. The molecular formula is C17H19ClO. The summed E-state index contributed by atoms with van der Waals surface area (Å²) in [6, 6.07) is 11.5. The SMILES string of the molecule is CC(C)(C)CCC(=O)c1ccc(Cl)c2ccccc12. The number of hydrogen-bond donors (Lipinski definition) is 0. The van der Waals surface area contributed by atoms with Crippen molar-refractivity contribution in [2.24, 2.45) is 5.41 Å². The van der Waals surface area contributed by atoms with E-state index in [1.807, 2.05) is 36.4 Å². The summed E-state index contributed by atoms with van der Waals surface area (Å²) in [5, 5.41) is 2.60. The maximum atomic E-state index is 12.4. The largest absolute Gasteiger partial charge is 0.294 e. The molecule has 0 amide bonds. The highest BCUT2D eigenvalue weighted by Gasteiger charge is 2.16. The van der Waals surface area contributed by atoms with Crippen LogP contribution in [0.25, 0.3) is 10.8 Å². The first-order chi connectivity index (χ1) is 8.88. The van der Waals surface area contributed by atoms with Crippen LogP contribution >= 0.6 is 11.6 Å². The van der Waals surface area contributed by atoms with Crippen LogP contribution in [0.2, 0.25) is 5.02 Å². The van der Waals surface area contributed by atoms with E-state index in [1.165, 1.54) is 0 Å². The van der Waals surface area contributed by atoms with Crippen molar-refractivity contribution < 1.29 is 4.79 Å². The van der Waals surface area contributed by atoms with Crippen LogP contribution in [0.1, 0.15) is 44.0 Å². The lowest BCUT2D eigenvalue weighted by Gasteiger charge is -2.17. The molecule has 0 bridgehead atoms. The molecule has 0 aliphatic heterocycles. The Morgan fingerprint density at radius 3 is 2.32 bits per heavy atom. The Hall–Kier alpha value is -1.34. The van der Waals surface area contributed by atoms with Gasteiger partial charge in [-0.3, -0.25) is 4.79 Å². The fourth-order valence-corrected chi connectivity index (χ4v) is 2.36. The minimum Gasteiger partial charge on any atom is -0.294 e. The molecule has 0 aliphatic rings. The quantitative estimate of drug-likeness (QED) is 0.675. The van der Waals surface area contributed by atoms with Gasteiger partial charge in [0.1, 0.15) is 0 Å². The van der Waals surface area contributed by atoms with Gasteiger partial charge in [0.05, 0.1) is 0 Å². The predicted octanol–water partition coefficient (Wildman–Crippen LogP) is 5.50. The third kappa shape index (κ3) is 3.36. The van der Waals surface area contributed by atoms with Crippen LogP contribution in [0.4, 0.5) is 0 Å². The molecule has 0 fully saturated rings. The second kappa shape index (κ2) is 5.34. The van der Waals surface area contributed by atoms with Crippen LogP contribution in [0.3, 0.4) is 0 Å². The average Bonchev–Trinajstić information content (AvgIpc) is 2.36. The molecule has 0 saturated heterocycles. The molecule has 0 heterocycles. The van der Waals surface area contributed by atoms with E-state index in [2.05, 4.69) is 20.8 Å². The molecule has 0 saturated carbocycles. The van der Waals surface area contributed by atoms with Gasteiger partial charge in [0.25, 0.3) is 0 Å². The zero-order chi connectivity index (χ0) is 14.0. The number of Topliss-reactive ketones (excluding diaryl/α,β-unsaturated/α-hetero) is 1. The molecule has 2 aromatic rings.